The van der Waals surface area contributed by atoms with Gasteiger partial charge >= 0.3 is 0 Å². The van der Waals surface area contributed by atoms with E-state index in [1.54, 1.807) is 0 Å². The third-order valence-electron chi connectivity index (χ3n) is 3.09. The summed E-state index contributed by atoms with van der Waals surface area (Å²) in [4.78, 5) is 11.9. The Labute approximate surface area is 121 Å². The highest BCUT2D eigenvalue weighted by molar-refractivity contribution is 5.81. The number of hydrogen-bond donors (Lipinski definition) is 2. The van der Waals surface area contributed by atoms with Crippen molar-refractivity contribution in [2.45, 2.75) is 19.0 Å². The number of amides is 1. The molecule has 1 amide bonds. The molecule has 3 N–H and O–H groups in total. The number of rotatable bonds is 5. The SMILES string of the molecule is NC(Cc1ccccc1)C(=O)NCc1ccc(F)c(F)c1. The molecular weight excluding hydrogens is 274 g/mol. The molecule has 0 saturated heterocycles. The van der Waals surface area contributed by atoms with Crippen molar-refractivity contribution in [3.8, 4) is 0 Å². The van der Waals surface area contributed by atoms with Gasteiger partial charge in [0.15, 0.2) is 11.6 Å². The van der Waals surface area contributed by atoms with Crippen LogP contribution in [0.4, 0.5) is 8.78 Å². The normalized spacial score (nSPS) is 12.0. The monoisotopic (exact) mass is 290 g/mol. The van der Waals surface area contributed by atoms with Gasteiger partial charge in [0, 0.05) is 6.54 Å². The van der Waals surface area contributed by atoms with Gasteiger partial charge in [-0.25, -0.2) is 8.78 Å². The van der Waals surface area contributed by atoms with E-state index < -0.39 is 17.7 Å². The molecule has 2 aromatic carbocycles. The standard InChI is InChI=1S/C16H16F2N2O/c17-13-7-6-12(8-14(13)18)10-20-16(21)15(19)9-11-4-2-1-3-5-11/h1-8,15H,9-10,19H2,(H,20,21). The molecule has 2 aromatic rings. The Morgan fingerprint density at radius 1 is 1.05 bits per heavy atom. The maximum Gasteiger partial charge on any atom is 0.237 e. The van der Waals surface area contributed by atoms with Crippen molar-refractivity contribution >= 4 is 5.91 Å². The van der Waals surface area contributed by atoms with Crippen LogP contribution in [0.25, 0.3) is 0 Å². The summed E-state index contributed by atoms with van der Waals surface area (Å²) in [6.07, 6.45) is 0.421. The Morgan fingerprint density at radius 3 is 2.43 bits per heavy atom. The molecule has 5 heteroatoms. The van der Waals surface area contributed by atoms with E-state index in [1.165, 1.54) is 6.07 Å². The summed E-state index contributed by atoms with van der Waals surface area (Å²) in [6.45, 7) is 0.110. The molecule has 0 radical (unpaired) electrons. The van der Waals surface area contributed by atoms with E-state index in [4.69, 9.17) is 5.73 Å². The fraction of sp³-hybridized carbons (Fsp3) is 0.188. The first-order chi connectivity index (χ1) is 10.1. The number of carbonyl (C=O) groups is 1. The third-order valence-corrected chi connectivity index (χ3v) is 3.09. The van der Waals surface area contributed by atoms with E-state index >= 15 is 0 Å². The lowest BCUT2D eigenvalue weighted by Crippen LogP contribution is -2.41. The molecule has 0 aliphatic carbocycles. The first kappa shape index (κ1) is 15.1. The van der Waals surface area contributed by atoms with Crippen LogP contribution < -0.4 is 11.1 Å². The Kier molecular flexibility index (Phi) is 5.00. The van der Waals surface area contributed by atoms with Gasteiger partial charge in [0.25, 0.3) is 0 Å². The fourth-order valence-electron chi connectivity index (χ4n) is 1.93. The predicted octanol–water partition coefficient (Wildman–Crippen LogP) is 2.15. The lowest BCUT2D eigenvalue weighted by Gasteiger charge is -2.12. The highest BCUT2D eigenvalue weighted by Crippen LogP contribution is 2.08. The van der Waals surface area contributed by atoms with E-state index in [1.807, 2.05) is 30.3 Å². The molecule has 1 atom stereocenters. The molecule has 0 aromatic heterocycles. The van der Waals surface area contributed by atoms with Crippen molar-refractivity contribution in [3.05, 3.63) is 71.3 Å². The number of nitrogens with one attached hydrogen (secondary N) is 1. The molecule has 21 heavy (non-hydrogen) atoms. The molecule has 0 fully saturated rings. The summed E-state index contributed by atoms with van der Waals surface area (Å²) >= 11 is 0. The average Bonchev–Trinajstić information content (AvgIpc) is 2.49. The predicted molar refractivity (Wildman–Crippen MR) is 76.3 cm³/mol. The molecule has 0 heterocycles. The zero-order valence-electron chi connectivity index (χ0n) is 11.4. The van der Waals surface area contributed by atoms with Crippen molar-refractivity contribution in [1.82, 2.24) is 5.32 Å². The van der Waals surface area contributed by atoms with Gasteiger partial charge in [0.2, 0.25) is 5.91 Å². The topological polar surface area (TPSA) is 55.1 Å². The van der Waals surface area contributed by atoms with Gasteiger partial charge in [-0.15, -0.1) is 0 Å². The molecule has 0 aliphatic heterocycles. The van der Waals surface area contributed by atoms with Crippen molar-refractivity contribution in [2.24, 2.45) is 5.73 Å². The number of halogens is 2. The number of nitrogens with two attached hydrogens (primary N) is 1. The highest BCUT2D eigenvalue weighted by atomic mass is 19.2. The van der Waals surface area contributed by atoms with Crippen LogP contribution in [-0.4, -0.2) is 11.9 Å². The molecule has 0 bridgehead atoms. The van der Waals surface area contributed by atoms with E-state index in [0.29, 0.717) is 12.0 Å². The van der Waals surface area contributed by atoms with E-state index in [2.05, 4.69) is 5.32 Å². The van der Waals surface area contributed by atoms with Crippen molar-refractivity contribution in [2.75, 3.05) is 0 Å². The van der Waals surface area contributed by atoms with Crippen LogP contribution in [-0.2, 0) is 17.8 Å². The largest absolute Gasteiger partial charge is 0.351 e. The summed E-state index contributed by atoms with van der Waals surface area (Å²) in [5.41, 5.74) is 7.27. The van der Waals surface area contributed by atoms with E-state index in [9.17, 15) is 13.6 Å². The average molecular weight is 290 g/mol. The summed E-state index contributed by atoms with van der Waals surface area (Å²) in [7, 11) is 0. The second-order valence-corrected chi connectivity index (χ2v) is 4.76. The van der Waals surface area contributed by atoms with Gasteiger partial charge in [-0.3, -0.25) is 4.79 Å². The van der Waals surface area contributed by atoms with Gasteiger partial charge in [-0.1, -0.05) is 36.4 Å². The minimum atomic E-state index is -0.935. The Hall–Kier alpha value is -2.27. The zero-order chi connectivity index (χ0) is 15.2. The summed E-state index contributed by atoms with van der Waals surface area (Å²) in [5, 5.41) is 2.61. The van der Waals surface area contributed by atoms with Gasteiger partial charge in [-0.05, 0) is 29.7 Å². The minimum absolute atomic E-state index is 0.110. The Morgan fingerprint density at radius 2 is 1.76 bits per heavy atom. The molecule has 0 spiro atoms. The summed E-state index contributed by atoms with van der Waals surface area (Å²) in [6, 6.07) is 12.2. The number of carbonyl (C=O) groups excluding carboxylic acids is 1. The second kappa shape index (κ2) is 6.95. The third kappa shape index (κ3) is 4.36. The Balaban J connectivity index is 1.87. The fourth-order valence-corrected chi connectivity index (χ4v) is 1.93. The minimum Gasteiger partial charge on any atom is -0.351 e. The van der Waals surface area contributed by atoms with Crippen molar-refractivity contribution < 1.29 is 13.6 Å². The summed E-state index contributed by atoms with van der Waals surface area (Å²) < 4.78 is 25.8. The van der Waals surface area contributed by atoms with Crippen LogP contribution in [0.3, 0.4) is 0 Å². The molecular formula is C16H16F2N2O. The van der Waals surface area contributed by atoms with Gasteiger partial charge in [-0.2, -0.15) is 0 Å². The van der Waals surface area contributed by atoms with Crippen molar-refractivity contribution in [1.29, 1.82) is 0 Å². The lowest BCUT2D eigenvalue weighted by molar-refractivity contribution is -0.122. The van der Waals surface area contributed by atoms with Crippen LogP contribution in [0.1, 0.15) is 11.1 Å². The van der Waals surface area contributed by atoms with Gasteiger partial charge in [0.05, 0.1) is 6.04 Å². The highest BCUT2D eigenvalue weighted by Gasteiger charge is 2.13. The van der Waals surface area contributed by atoms with E-state index in [0.717, 1.165) is 17.7 Å². The Bertz CT molecular complexity index is 617. The maximum absolute atomic E-state index is 13.0. The molecule has 2 rings (SSSR count). The molecule has 0 saturated carbocycles. The van der Waals surface area contributed by atoms with E-state index in [-0.39, 0.29) is 12.5 Å². The van der Waals surface area contributed by atoms with Crippen molar-refractivity contribution in [3.63, 3.8) is 0 Å². The zero-order valence-corrected chi connectivity index (χ0v) is 11.4. The first-order valence-corrected chi connectivity index (χ1v) is 6.57. The quantitative estimate of drug-likeness (QED) is 0.886. The second-order valence-electron chi connectivity index (χ2n) is 4.76. The smallest absolute Gasteiger partial charge is 0.237 e. The number of hydrogen-bond acceptors (Lipinski definition) is 2. The number of benzene rings is 2. The van der Waals surface area contributed by atoms with Gasteiger partial charge < -0.3 is 11.1 Å². The molecule has 0 aliphatic rings. The first-order valence-electron chi connectivity index (χ1n) is 6.57. The summed E-state index contributed by atoms with van der Waals surface area (Å²) in [5.74, 6) is -2.18. The molecule has 1 unspecified atom stereocenters. The van der Waals surface area contributed by atoms with Crippen LogP contribution in [0.5, 0.6) is 0 Å². The van der Waals surface area contributed by atoms with Crippen LogP contribution >= 0.6 is 0 Å². The lowest BCUT2D eigenvalue weighted by atomic mass is 10.1. The van der Waals surface area contributed by atoms with Crippen LogP contribution in [0.2, 0.25) is 0 Å². The molecule has 110 valence electrons. The van der Waals surface area contributed by atoms with Crippen LogP contribution in [0.15, 0.2) is 48.5 Å². The van der Waals surface area contributed by atoms with Crippen LogP contribution in [0, 0.1) is 11.6 Å². The van der Waals surface area contributed by atoms with Gasteiger partial charge in [0.1, 0.15) is 0 Å². The molecule has 3 nitrogen and oxygen atoms in total. The maximum atomic E-state index is 13.0.